The molecule has 5 heterocycles. The number of benzene rings is 1. The van der Waals surface area contributed by atoms with Gasteiger partial charge in [0.2, 0.25) is 11.8 Å². The Morgan fingerprint density at radius 2 is 2.09 bits per heavy atom. The molecule has 2 aromatic heterocycles. The van der Waals surface area contributed by atoms with Gasteiger partial charge in [-0.05, 0) is 24.3 Å². The van der Waals surface area contributed by atoms with Crippen molar-refractivity contribution < 1.29 is 23.8 Å². The molecule has 2 amide bonds. The van der Waals surface area contributed by atoms with Crippen molar-refractivity contribution in [2.24, 2.45) is 0 Å². The molecule has 0 radical (unpaired) electrons. The summed E-state index contributed by atoms with van der Waals surface area (Å²) >= 11 is 1.49. The zero-order valence-electron chi connectivity index (χ0n) is 18.9. The first-order chi connectivity index (χ1) is 17.1. The van der Waals surface area contributed by atoms with Gasteiger partial charge in [0.05, 0.1) is 42.3 Å². The van der Waals surface area contributed by atoms with E-state index in [9.17, 15) is 9.59 Å². The van der Waals surface area contributed by atoms with Gasteiger partial charge in [-0.3, -0.25) is 14.7 Å². The lowest BCUT2D eigenvalue weighted by molar-refractivity contribution is -0.113. The Kier molecular flexibility index (Phi) is 5.57. The number of rotatable bonds is 6. The van der Waals surface area contributed by atoms with Crippen LogP contribution in [0.15, 0.2) is 41.4 Å². The second-order valence-electron chi connectivity index (χ2n) is 8.56. The number of thioether (sulfide) groups is 1. The third kappa shape index (κ3) is 4.21. The number of amides is 2. The summed E-state index contributed by atoms with van der Waals surface area (Å²) in [6.45, 7) is 1.52. The van der Waals surface area contributed by atoms with Gasteiger partial charge in [0, 0.05) is 41.7 Å². The number of anilines is 2. The van der Waals surface area contributed by atoms with Gasteiger partial charge in [-0.1, -0.05) is 0 Å². The highest BCUT2D eigenvalue weighted by atomic mass is 32.2. The fraction of sp³-hybridized carbons (Fsp3) is 0.333. The van der Waals surface area contributed by atoms with Crippen LogP contribution in [0.2, 0.25) is 0 Å². The molecule has 6 rings (SSSR count). The van der Waals surface area contributed by atoms with E-state index in [0.29, 0.717) is 43.4 Å². The van der Waals surface area contributed by atoms with Gasteiger partial charge in [0.25, 0.3) is 0 Å². The molecule has 0 bridgehead atoms. The predicted octanol–water partition coefficient (Wildman–Crippen LogP) is 2.60. The number of ether oxygens (including phenoxy) is 3. The fourth-order valence-electron chi connectivity index (χ4n) is 4.54. The first-order valence-electron chi connectivity index (χ1n) is 11.3. The minimum atomic E-state index is -0.395. The Bertz CT molecular complexity index is 1340. The van der Waals surface area contributed by atoms with Gasteiger partial charge in [-0.25, -0.2) is 9.78 Å². The second kappa shape index (κ2) is 8.90. The van der Waals surface area contributed by atoms with E-state index in [1.807, 2.05) is 24.3 Å². The van der Waals surface area contributed by atoms with Gasteiger partial charge in [0.1, 0.15) is 18.0 Å². The van der Waals surface area contributed by atoms with Crippen LogP contribution in [-0.4, -0.2) is 66.7 Å². The summed E-state index contributed by atoms with van der Waals surface area (Å²) in [5, 5.41) is 6.23. The number of cyclic esters (lactones) is 1. The number of nitrogens with zero attached hydrogens (tertiary/aromatic N) is 3. The summed E-state index contributed by atoms with van der Waals surface area (Å²) in [4.78, 5) is 35.8. The summed E-state index contributed by atoms with van der Waals surface area (Å²) in [7, 11) is 1.59. The van der Waals surface area contributed by atoms with E-state index in [1.165, 1.54) is 11.8 Å². The number of carbonyl (C=O) groups excluding carboxylic acids is 2. The number of fused-ring (bicyclic) bond motifs is 4. The molecule has 2 atom stereocenters. The summed E-state index contributed by atoms with van der Waals surface area (Å²) in [5.41, 5.74) is 4.06. The molecule has 0 spiro atoms. The Morgan fingerprint density at radius 1 is 1.20 bits per heavy atom. The molecule has 180 valence electrons. The standard InChI is InChI=1S/C24H23N5O5S/c1-32-22-5-3-17-23(28-22)16-7-14(33-19(16)10-26-17)8-25-9-15-11-29(24(31)34-15)13-2-4-20-18(6-13)27-21(30)12-35-20/h2-6,10,14-15,25H,7-9,11-12H2,1H3,(H,27,30)/t14?,15-/m1/s1. The number of carbonyl (C=O) groups is 2. The molecule has 3 aromatic rings. The smallest absolute Gasteiger partial charge is 0.414 e. The number of hydrogen-bond acceptors (Lipinski definition) is 9. The fourth-order valence-corrected chi connectivity index (χ4v) is 5.33. The van der Waals surface area contributed by atoms with Crippen molar-refractivity contribution in [2.45, 2.75) is 23.5 Å². The Balaban J connectivity index is 1.05. The zero-order valence-corrected chi connectivity index (χ0v) is 19.8. The van der Waals surface area contributed by atoms with Crippen LogP contribution in [-0.2, 0) is 16.0 Å². The van der Waals surface area contributed by atoms with E-state index in [2.05, 4.69) is 20.6 Å². The number of pyridine rings is 2. The summed E-state index contributed by atoms with van der Waals surface area (Å²) in [5.74, 6) is 1.64. The molecule has 1 aromatic carbocycles. The SMILES string of the molecule is COc1ccc2ncc3c(c2n1)CC(CNC[C@@H]1CN(c2ccc4c(c2)NC(=O)CS4)C(=O)O1)O3. The van der Waals surface area contributed by atoms with Gasteiger partial charge >= 0.3 is 6.09 Å². The third-order valence-corrected chi connectivity index (χ3v) is 7.29. The highest BCUT2D eigenvalue weighted by Crippen LogP contribution is 2.36. The molecule has 3 aliphatic rings. The number of methoxy groups -OCH3 is 1. The molecule has 0 aliphatic carbocycles. The van der Waals surface area contributed by atoms with Crippen molar-refractivity contribution in [3.63, 3.8) is 0 Å². The first kappa shape index (κ1) is 21.9. The molecule has 0 saturated carbocycles. The molecular formula is C24H23N5O5S. The van der Waals surface area contributed by atoms with Crippen LogP contribution in [0.25, 0.3) is 11.0 Å². The van der Waals surface area contributed by atoms with Crippen molar-refractivity contribution in [1.29, 1.82) is 0 Å². The Hall–Kier alpha value is -3.57. The lowest BCUT2D eigenvalue weighted by Gasteiger charge is -2.20. The highest BCUT2D eigenvalue weighted by Gasteiger charge is 2.33. The molecule has 11 heteroatoms. The molecule has 3 aliphatic heterocycles. The molecule has 1 saturated heterocycles. The Labute approximate surface area is 205 Å². The quantitative estimate of drug-likeness (QED) is 0.535. The predicted molar refractivity (Wildman–Crippen MR) is 130 cm³/mol. The zero-order chi connectivity index (χ0) is 23.9. The van der Waals surface area contributed by atoms with Gasteiger partial charge in [0.15, 0.2) is 0 Å². The van der Waals surface area contributed by atoms with E-state index in [1.54, 1.807) is 24.3 Å². The van der Waals surface area contributed by atoms with E-state index >= 15 is 0 Å². The third-order valence-electron chi connectivity index (χ3n) is 6.21. The first-order valence-corrected chi connectivity index (χ1v) is 12.3. The van der Waals surface area contributed by atoms with E-state index in [-0.39, 0.29) is 18.1 Å². The Morgan fingerprint density at radius 3 is 2.97 bits per heavy atom. The van der Waals surface area contributed by atoms with Crippen LogP contribution in [0, 0.1) is 0 Å². The summed E-state index contributed by atoms with van der Waals surface area (Å²) in [6, 6.07) is 9.31. The lowest BCUT2D eigenvalue weighted by Crippen LogP contribution is -2.36. The van der Waals surface area contributed by atoms with E-state index < -0.39 is 6.09 Å². The monoisotopic (exact) mass is 493 g/mol. The molecule has 2 N–H and O–H groups in total. The van der Waals surface area contributed by atoms with Crippen molar-refractivity contribution in [2.75, 3.05) is 42.7 Å². The van der Waals surface area contributed by atoms with Crippen LogP contribution < -0.4 is 25.0 Å². The van der Waals surface area contributed by atoms with E-state index in [4.69, 9.17) is 14.2 Å². The maximum absolute atomic E-state index is 12.5. The van der Waals surface area contributed by atoms with Gasteiger partial charge < -0.3 is 24.8 Å². The maximum Gasteiger partial charge on any atom is 0.414 e. The second-order valence-corrected chi connectivity index (χ2v) is 9.58. The van der Waals surface area contributed by atoms with Crippen molar-refractivity contribution >= 4 is 46.2 Å². The molecular weight excluding hydrogens is 470 g/mol. The minimum Gasteiger partial charge on any atom is -0.487 e. The van der Waals surface area contributed by atoms with Crippen molar-refractivity contribution in [3.05, 3.63) is 42.1 Å². The maximum atomic E-state index is 12.5. The van der Waals surface area contributed by atoms with Crippen LogP contribution in [0.3, 0.4) is 0 Å². The van der Waals surface area contributed by atoms with E-state index in [0.717, 1.165) is 32.9 Å². The lowest BCUT2D eigenvalue weighted by atomic mass is 10.1. The molecule has 10 nitrogen and oxygen atoms in total. The molecule has 1 fully saturated rings. The van der Waals surface area contributed by atoms with Crippen molar-refractivity contribution in [3.8, 4) is 11.6 Å². The largest absolute Gasteiger partial charge is 0.487 e. The number of nitrogens with one attached hydrogen (secondary N) is 2. The molecule has 35 heavy (non-hydrogen) atoms. The van der Waals surface area contributed by atoms with Gasteiger partial charge in [-0.2, -0.15) is 0 Å². The number of hydrogen-bond donors (Lipinski definition) is 2. The topological polar surface area (TPSA) is 115 Å². The average Bonchev–Trinajstić information content (AvgIpc) is 3.46. The van der Waals surface area contributed by atoms with Gasteiger partial charge in [-0.15, -0.1) is 11.8 Å². The highest BCUT2D eigenvalue weighted by molar-refractivity contribution is 8.00. The summed E-state index contributed by atoms with van der Waals surface area (Å²) in [6.07, 6.45) is 1.69. The minimum absolute atomic E-state index is 0.0410. The van der Waals surface area contributed by atoms with Crippen LogP contribution >= 0.6 is 11.8 Å². The van der Waals surface area contributed by atoms with Crippen molar-refractivity contribution in [1.82, 2.24) is 15.3 Å². The average molecular weight is 494 g/mol. The number of aromatic nitrogens is 2. The van der Waals surface area contributed by atoms with Crippen LogP contribution in [0.5, 0.6) is 11.6 Å². The normalized spacial score (nSPS) is 20.8. The summed E-state index contributed by atoms with van der Waals surface area (Å²) < 4.78 is 16.9. The molecule has 1 unspecified atom stereocenters. The van der Waals surface area contributed by atoms with Crippen LogP contribution in [0.4, 0.5) is 16.2 Å². The van der Waals surface area contributed by atoms with Crippen LogP contribution in [0.1, 0.15) is 5.56 Å².